The molecule has 0 saturated carbocycles. The second-order valence-electron chi connectivity index (χ2n) is 9.43. The Bertz CT molecular complexity index is 619. The van der Waals surface area contributed by atoms with Crippen molar-refractivity contribution in [2.24, 2.45) is 0 Å². The van der Waals surface area contributed by atoms with E-state index in [9.17, 15) is 0 Å². The van der Waals surface area contributed by atoms with Gasteiger partial charge in [-0.15, -0.1) is 23.6 Å². The van der Waals surface area contributed by atoms with Crippen molar-refractivity contribution in [3.63, 3.8) is 0 Å². The summed E-state index contributed by atoms with van der Waals surface area (Å²) in [6.45, 7) is 18.3. The smallest absolute Gasteiger partial charge is 0.855 e. The van der Waals surface area contributed by atoms with Gasteiger partial charge in [-0.05, 0) is 51.9 Å². The summed E-state index contributed by atoms with van der Waals surface area (Å²) < 4.78 is 5.45. The Labute approximate surface area is 225 Å². The Kier molecular flexibility index (Phi) is 17.2. The van der Waals surface area contributed by atoms with Gasteiger partial charge in [0.15, 0.2) is 0 Å². The molecule has 0 spiro atoms. The van der Waals surface area contributed by atoms with Crippen LogP contribution in [0.4, 0.5) is 0 Å². The molecule has 2 heterocycles. The van der Waals surface area contributed by atoms with Crippen molar-refractivity contribution in [1.29, 1.82) is 0 Å². The minimum atomic E-state index is -1.26. The fraction of sp³-hybridized carbons (Fsp3) is 0.615. The maximum absolute atomic E-state index is 8.93. The zero-order valence-corrected chi connectivity index (χ0v) is 26.4. The van der Waals surface area contributed by atoms with Crippen LogP contribution in [0.15, 0.2) is 48.5 Å². The van der Waals surface area contributed by atoms with Crippen molar-refractivity contribution >= 4 is 26.8 Å². The molecule has 2 aliphatic heterocycles. The summed E-state index contributed by atoms with van der Waals surface area (Å²) >= 11 is 0. The summed E-state index contributed by atoms with van der Waals surface area (Å²) in [5.74, 6) is 0. The van der Waals surface area contributed by atoms with Crippen LogP contribution in [0.1, 0.15) is 39.5 Å². The van der Waals surface area contributed by atoms with E-state index in [-0.39, 0.29) is 39.4 Å². The molecule has 0 bridgehead atoms. The van der Waals surface area contributed by atoms with E-state index in [0.717, 1.165) is 0 Å². The molecule has 33 heavy (non-hydrogen) atoms. The summed E-state index contributed by atoms with van der Waals surface area (Å²) in [7, 11) is -2.52. The van der Waals surface area contributed by atoms with Crippen molar-refractivity contribution in [2.75, 3.05) is 39.4 Å². The first-order valence-electron chi connectivity index (χ1n) is 12.4. The van der Waals surface area contributed by atoms with Gasteiger partial charge < -0.3 is 19.3 Å². The number of nitrogens with zero attached hydrogens (tertiary/aromatic N) is 2. The van der Waals surface area contributed by atoms with Gasteiger partial charge in [0.25, 0.3) is 0 Å². The molecular formula is C26H46N2O2Si2Zr. The summed E-state index contributed by atoms with van der Waals surface area (Å²) in [6.07, 6.45) is 5.60. The Morgan fingerprint density at radius 1 is 0.606 bits per heavy atom. The Balaban J connectivity index is 0.000000491. The van der Waals surface area contributed by atoms with E-state index in [2.05, 4.69) is 83.8 Å². The molecule has 0 aliphatic carbocycles. The van der Waals surface area contributed by atoms with E-state index in [1.165, 1.54) is 51.9 Å². The predicted octanol–water partition coefficient (Wildman–Crippen LogP) is 2.56. The van der Waals surface area contributed by atoms with E-state index in [1.807, 2.05) is 0 Å². The average Bonchev–Trinajstić information content (AvgIpc) is 3.57. The average molecular weight is 566 g/mol. The summed E-state index contributed by atoms with van der Waals surface area (Å²) in [5.41, 5.74) is 0. The van der Waals surface area contributed by atoms with E-state index in [1.54, 1.807) is 24.2 Å². The largest absolute Gasteiger partial charge is 4.00 e. The zero-order valence-electron chi connectivity index (χ0n) is 21.9. The molecule has 2 aliphatic rings. The van der Waals surface area contributed by atoms with Crippen LogP contribution >= 0.6 is 0 Å². The van der Waals surface area contributed by atoms with Crippen molar-refractivity contribution in [3.8, 4) is 0 Å². The summed E-state index contributed by atoms with van der Waals surface area (Å²) in [4.78, 5) is 0. The summed E-state index contributed by atoms with van der Waals surface area (Å²) in [6, 6.07) is 17.9. The Morgan fingerprint density at radius 3 is 1.03 bits per heavy atom. The molecular weight excluding hydrogens is 520 g/mol. The van der Waals surface area contributed by atoms with E-state index in [4.69, 9.17) is 10.2 Å². The molecule has 0 radical (unpaired) electrons. The molecule has 0 unspecified atom stereocenters. The van der Waals surface area contributed by atoms with Crippen molar-refractivity contribution in [3.05, 3.63) is 48.5 Å². The van der Waals surface area contributed by atoms with E-state index >= 15 is 0 Å². The molecule has 4 nitrogen and oxygen atoms in total. The van der Waals surface area contributed by atoms with Crippen LogP contribution in [0.25, 0.3) is 0 Å². The molecule has 0 aromatic heterocycles. The first kappa shape index (κ1) is 32.9. The number of hydrogen-bond donors (Lipinski definition) is 0. The SMILES string of the molecule is CC[O-].CC[O-].C[Si](C)([c-]1cccc1)N1CCCC1.C[Si](C)([c-]1cccc1)N1CCCC1.[Zr+4]. The van der Waals surface area contributed by atoms with Crippen LogP contribution in [-0.4, -0.2) is 65.0 Å². The van der Waals surface area contributed by atoms with Gasteiger partial charge in [0.05, 0.1) is 16.5 Å². The molecule has 2 aromatic rings. The molecule has 0 N–H and O–H groups in total. The Hall–Kier alpha value is -0.143. The number of rotatable bonds is 4. The first-order chi connectivity index (χ1) is 15.2. The van der Waals surface area contributed by atoms with Crippen LogP contribution in [0, 0.1) is 0 Å². The zero-order chi connectivity index (χ0) is 24.0. The first-order valence-corrected chi connectivity index (χ1v) is 18.3. The van der Waals surface area contributed by atoms with Crippen LogP contribution in [0.5, 0.6) is 0 Å². The van der Waals surface area contributed by atoms with Crippen LogP contribution < -0.4 is 20.6 Å². The maximum Gasteiger partial charge on any atom is 4.00 e. The van der Waals surface area contributed by atoms with Gasteiger partial charge in [0.2, 0.25) is 0 Å². The van der Waals surface area contributed by atoms with Gasteiger partial charge in [-0.1, -0.05) is 40.0 Å². The Morgan fingerprint density at radius 2 is 0.818 bits per heavy atom. The van der Waals surface area contributed by atoms with Gasteiger partial charge in [0, 0.05) is 0 Å². The minimum absolute atomic E-state index is 0. The molecule has 2 aromatic carbocycles. The van der Waals surface area contributed by atoms with Crippen LogP contribution in [-0.2, 0) is 26.2 Å². The molecule has 184 valence electrons. The molecule has 0 atom stereocenters. The van der Waals surface area contributed by atoms with Gasteiger partial charge >= 0.3 is 26.2 Å². The monoisotopic (exact) mass is 564 g/mol. The van der Waals surface area contributed by atoms with Gasteiger partial charge in [-0.3, -0.25) is 0 Å². The fourth-order valence-corrected chi connectivity index (χ4v) is 10.1. The molecule has 0 amide bonds. The third-order valence-corrected chi connectivity index (χ3v) is 14.1. The second-order valence-corrected chi connectivity index (χ2v) is 18.1. The van der Waals surface area contributed by atoms with Crippen molar-refractivity contribution in [2.45, 2.75) is 65.7 Å². The maximum atomic E-state index is 8.93. The van der Waals surface area contributed by atoms with Crippen molar-refractivity contribution in [1.82, 2.24) is 9.13 Å². The third kappa shape index (κ3) is 10.6. The standard InChI is InChI=1S/2C11H18NSi.2C2H5O.Zr/c2*1-13(2,11-7-3-4-8-11)12-9-5-6-10-12;2*1-2-3;/h2*3-4,7-8H,5-6,9-10H2,1-2H3;2*2H2,1H3;/q4*-1;+4. The topological polar surface area (TPSA) is 52.6 Å². The molecule has 2 fully saturated rings. The summed E-state index contributed by atoms with van der Waals surface area (Å²) in [5, 5.41) is 21.0. The number of hydrogen-bond acceptors (Lipinski definition) is 4. The van der Waals surface area contributed by atoms with Gasteiger partial charge in [-0.25, -0.2) is 24.3 Å². The third-order valence-electron chi connectivity index (χ3n) is 6.53. The quantitative estimate of drug-likeness (QED) is 0.422. The van der Waals surface area contributed by atoms with E-state index < -0.39 is 16.5 Å². The van der Waals surface area contributed by atoms with Crippen LogP contribution in [0.3, 0.4) is 0 Å². The molecule has 4 rings (SSSR count). The predicted molar refractivity (Wildman–Crippen MR) is 141 cm³/mol. The van der Waals surface area contributed by atoms with Crippen LogP contribution in [0.2, 0.25) is 26.2 Å². The second kappa shape index (κ2) is 17.3. The minimum Gasteiger partial charge on any atom is -0.855 e. The van der Waals surface area contributed by atoms with E-state index in [0.29, 0.717) is 0 Å². The molecule has 7 heteroatoms. The van der Waals surface area contributed by atoms with Crippen molar-refractivity contribution < 1.29 is 36.4 Å². The van der Waals surface area contributed by atoms with Gasteiger partial charge in [-0.2, -0.15) is 24.3 Å². The normalized spacial score (nSPS) is 16.5. The van der Waals surface area contributed by atoms with Gasteiger partial charge in [0.1, 0.15) is 0 Å². The molecule has 2 saturated heterocycles. The fourth-order valence-electron chi connectivity index (χ4n) is 4.48.